The van der Waals surface area contributed by atoms with Crippen LogP contribution in [-0.4, -0.2) is 30.3 Å². The summed E-state index contributed by atoms with van der Waals surface area (Å²) in [5.41, 5.74) is 4.75. The summed E-state index contributed by atoms with van der Waals surface area (Å²) in [4.78, 5) is 11.1. The summed E-state index contributed by atoms with van der Waals surface area (Å²) in [5.74, 6) is 0. The Morgan fingerprint density at radius 1 is 1.25 bits per heavy atom. The fourth-order valence-corrected chi connectivity index (χ4v) is 0.704. The number of nitrogens with one attached hydrogen (secondary N) is 2. The minimum absolute atomic E-state index is 0.0754. The van der Waals surface area contributed by atoms with E-state index in [9.17, 15) is 18.0 Å². The lowest BCUT2D eigenvalue weighted by molar-refractivity contribution is -0.122. The molecule has 0 aromatic heterocycles. The molecule has 0 unspecified atom stereocenters. The van der Waals surface area contributed by atoms with Crippen molar-refractivity contribution < 1.29 is 18.0 Å². The molecule has 0 fully saturated rings. The van der Waals surface area contributed by atoms with Crippen molar-refractivity contribution in [1.29, 1.82) is 0 Å². The Labute approximate surface area is 96.8 Å². The van der Waals surface area contributed by atoms with Crippen LogP contribution >= 0.6 is 12.2 Å². The lowest BCUT2D eigenvalue weighted by Gasteiger charge is -2.23. The summed E-state index contributed by atoms with van der Waals surface area (Å²) in [5, 5.41) is 3.93. The summed E-state index contributed by atoms with van der Waals surface area (Å²) in [6, 6.07) is -0.901. The topological polar surface area (TPSA) is 67.2 Å². The smallest absolute Gasteiger partial charge is 0.393 e. The van der Waals surface area contributed by atoms with Gasteiger partial charge in [-0.3, -0.25) is 0 Å². The van der Waals surface area contributed by atoms with Gasteiger partial charge in [0.05, 0.1) is 4.99 Å². The molecule has 0 saturated carbocycles. The highest BCUT2D eigenvalue weighted by Gasteiger charge is 2.28. The normalized spacial score (nSPS) is 12.1. The van der Waals surface area contributed by atoms with Crippen molar-refractivity contribution in [3.8, 4) is 0 Å². The second-order valence-corrected chi connectivity index (χ2v) is 4.34. The van der Waals surface area contributed by atoms with Crippen molar-refractivity contribution in [1.82, 2.24) is 10.6 Å². The third-order valence-corrected chi connectivity index (χ3v) is 2.36. The summed E-state index contributed by atoms with van der Waals surface area (Å²) in [6.07, 6.45) is -4.42. The first-order valence-corrected chi connectivity index (χ1v) is 4.84. The van der Waals surface area contributed by atoms with E-state index in [1.807, 2.05) is 0 Å². The van der Waals surface area contributed by atoms with Crippen LogP contribution in [0.3, 0.4) is 0 Å². The van der Waals surface area contributed by atoms with Gasteiger partial charge >= 0.3 is 12.2 Å². The maximum atomic E-state index is 11.7. The number of hydrogen-bond donors (Lipinski definition) is 3. The molecule has 0 bridgehead atoms. The van der Waals surface area contributed by atoms with E-state index in [4.69, 9.17) is 18.0 Å². The molecule has 0 heterocycles. The molecule has 8 heteroatoms. The zero-order chi connectivity index (χ0) is 13.0. The third kappa shape index (κ3) is 6.44. The second-order valence-electron chi connectivity index (χ2n) is 3.90. The Hall–Kier alpha value is -1.05. The van der Waals surface area contributed by atoms with Gasteiger partial charge in [-0.1, -0.05) is 26.1 Å². The molecule has 0 saturated heterocycles. The SMILES string of the molecule is CC(C)(CNC(=O)NCC(F)(F)F)C(N)=S. The van der Waals surface area contributed by atoms with Gasteiger partial charge < -0.3 is 16.4 Å². The van der Waals surface area contributed by atoms with Crippen molar-refractivity contribution in [2.45, 2.75) is 20.0 Å². The summed E-state index contributed by atoms with van der Waals surface area (Å²) in [6.45, 7) is 2.07. The van der Waals surface area contributed by atoms with E-state index in [1.165, 1.54) is 0 Å². The van der Waals surface area contributed by atoms with Gasteiger partial charge in [0.15, 0.2) is 0 Å². The van der Waals surface area contributed by atoms with Crippen LogP contribution in [0.4, 0.5) is 18.0 Å². The highest BCUT2D eigenvalue weighted by molar-refractivity contribution is 7.80. The molecule has 4 nitrogen and oxygen atoms in total. The van der Waals surface area contributed by atoms with Gasteiger partial charge in [0.1, 0.15) is 6.54 Å². The summed E-state index contributed by atoms with van der Waals surface area (Å²) < 4.78 is 35.2. The highest BCUT2D eigenvalue weighted by atomic mass is 32.1. The van der Waals surface area contributed by atoms with Crippen LogP contribution in [0.2, 0.25) is 0 Å². The van der Waals surface area contributed by atoms with Crippen molar-refractivity contribution in [2.24, 2.45) is 11.1 Å². The van der Waals surface area contributed by atoms with Gasteiger partial charge in [0.2, 0.25) is 0 Å². The Balaban J connectivity index is 3.96. The first-order valence-electron chi connectivity index (χ1n) is 4.43. The monoisotopic (exact) mass is 257 g/mol. The molecular weight excluding hydrogens is 243 g/mol. The van der Waals surface area contributed by atoms with Gasteiger partial charge in [0, 0.05) is 12.0 Å². The minimum Gasteiger partial charge on any atom is -0.393 e. The number of amides is 2. The number of alkyl halides is 3. The standard InChI is InChI=1S/C8H14F3N3OS/c1-7(2,5(12)16)3-13-6(15)14-4-8(9,10)11/h3-4H2,1-2H3,(H2,12,16)(H2,13,14,15). The molecule has 0 radical (unpaired) electrons. The number of carbonyl (C=O) groups excluding carboxylic acids is 1. The molecule has 0 aliphatic rings. The van der Waals surface area contributed by atoms with Gasteiger partial charge in [0.25, 0.3) is 0 Å². The predicted octanol–water partition coefficient (Wildman–Crippen LogP) is 1.16. The fourth-order valence-electron chi connectivity index (χ4n) is 0.631. The molecule has 0 aromatic carbocycles. The zero-order valence-electron chi connectivity index (χ0n) is 8.94. The number of urea groups is 1. The predicted molar refractivity (Wildman–Crippen MR) is 58.0 cm³/mol. The Kier molecular flexibility index (Phi) is 4.98. The van der Waals surface area contributed by atoms with Gasteiger partial charge in [-0.15, -0.1) is 0 Å². The largest absolute Gasteiger partial charge is 0.405 e. The lowest BCUT2D eigenvalue weighted by Crippen LogP contribution is -2.46. The van der Waals surface area contributed by atoms with Gasteiger partial charge in [-0.25, -0.2) is 4.79 Å². The number of nitrogens with two attached hydrogens (primary N) is 1. The van der Waals surface area contributed by atoms with E-state index in [0.717, 1.165) is 0 Å². The number of thiocarbonyl (C=S) groups is 1. The van der Waals surface area contributed by atoms with Crippen LogP contribution in [0.25, 0.3) is 0 Å². The highest BCUT2D eigenvalue weighted by Crippen LogP contribution is 2.14. The second kappa shape index (κ2) is 5.33. The van der Waals surface area contributed by atoms with Crippen molar-refractivity contribution >= 4 is 23.2 Å². The van der Waals surface area contributed by atoms with E-state index in [0.29, 0.717) is 0 Å². The minimum atomic E-state index is -4.42. The number of halogens is 3. The van der Waals surface area contributed by atoms with E-state index in [2.05, 4.69) is 5.32 Å². The quantitative estimate of drug-likeness (QED) is 0.662. The van der Waals surface area contributed by atoms with Crippen LogP contribution in [0, 0.1) is 5.41 Å². The molecule has 0 aromatic rings. The lowest BCUT2D eigenvalue weighted by atomic mass is 9.94. The van der Waals surface area contributed by atoms with E-state index in [-0.39, 0.29) is 11.5 Å². The Morgan fingerprint density at radius 2 is 1.69 bits per heavy atom. The summed E-state index contributed by atoms with van der Waals surface area (Å²) in [7, 11) is 0. The Morgan fingerprint density at radius 3 is 2.06 bits per heavy atom. The van der Waals surface area contributed by atoms with Crippen molar-refractivity contribution in [3.63, 3.8) is 0 Å². The number of carbonyl (C=O) groups is 1. The first kappa shape index (κ1) is 14.9. The Bertz CT molecular complexity index is 278. The molecule has 4 N–H and O–H groups in total. The van der Waals surface area contributed by atoms with E-state index in [1.54, 1.807) is 19.2 Å². The van der Waals surface area contributed by atoms with Crippen LogP contribution < -0.4 is 16.4 Å². The fraction of sp³-hybridized carbons (Fsp3) is 0.750. The van der Waals surface area contributed by atoms with Crippen LogP contribution in [0.5, 0.6) is 0 Å². The molecule has 0 atom stereocenters. The van der Waals surface area contributed by atoms with E-state index < -0.39 is 24.2 Å². The van der Waals surface area contributed by atoms with Crippen LogP contribution in [0.15, 0.2) is 0 Å². The molecule has 16 heavy (non-hydrogen) atoms. The molecule has 0 spiro atoms. The van der Waals surface area contributed by atoms with Gasteiger partial charge in [-0.05, 0) is 0 Å². The molecule has 2 amide bonds. The number of rotatable bonds is 4. The van der Waals surface area contributed by atoms with Crippen LogP contribution in [-0.2, 0) is 0 Å². The van der Waals surface area contributed by atoms with Crippen molar-refractivity contribution in [3.05, 3.63) is 0 Å². The molecule has 0 aliphatic carbocycles. The summed E-state index contributed by atoms with van der Waals surface area (Å²) >= 11 is 4.73. The average Bonchev–Trinajstić information content (AvgIpc) is 2.10. The molecule has 94 valence electrons. The molecule has 0 rings (SSSR count). The third-order valence-electron chi connectivity index (χ3n) is 1.81. The first-order chi connectivity index (χ1) is 7.04. The van der Waals surface area contributed by atoms with Gasteiger partial charge in [-0.2, -0.15) is 13.2 Å². The maximum absolute atomic E-state index is 11.7. The average molecular weight is 257 g/mol. The van der Waals surface area contributed by atoms with Crippen molar-refractivity contribution in [2.75, 3.05) is 13.1 Å². The molecule has 0 aliphatic heterocycles. The number of hydrogen-bond acceptors (Lipinski definition) is 2. The maximum Gasteiger partial charge on any atom is 0.405 e. The zero-order valence-corrected chi connectivity index (χ0v) is 9.76. The van der Waals surface area contributed by atoms with E-state index >= 15 is 0 Å². The van der Waals surface area contributed by atoms with Crippen LogP contribution in [0.1, 0.15) is 13.8 Å². The molecular formula is C8H14F3N3OS.